The molecule has 1 aromatic carbocycles. The normalized spacial score (nSPS) is 34.2. The maximum Gasteiger partial charge on any atom is 0.247 e. The highest BCUT2D eigenvalue weighted by Crippen LogP contribution is 2.46. The van der Waals surface area contributed by atoms with Crippen molar-refractivity contribution < 1.29 is 14.3 Å². The monoisotopic (exact) mass is 496 g/mol. The fourth-order valence-corrected chi connectivity index (χ4v) is 7.06. The van der Waals surface area contributed by atoms with E-state index in [0.29, 0.717) is 6.04 Å². The first-order chi connectivity index (χ1) is 17.3. The molecule has 198 valence electrons. The van der Waals surface area contributed by atoms with Crippen LogP contribution in [-0.2, 0) is 20.7 Å². The zero-order chi connectivity index (χ0) is 25.4. The molecule has 7 atom stereocenters. The lowest BCUT2D eigenvalue weighted by molar-refractivity contribution is -0.146. The summed E-state index contributed by atoms with van der Waals surface area (Å²) in [6, 6.07) is 8.17. The highest BCUT2D eigenvalue weighted by atomic mass is 16.5. The number of amides is 2. The molecule has 0 aromatic heterocycles. The summed E-state index contributed by atoms with van der Waals surface area (Å²) in [6.07, 6.45) is 8.11. The zero-order valence-electron chi connectivity index (χ0n) is 22.4. The number of benzene rings is 1. The van der Waals surface area contributed by atoms with E-state index in [9.17, 15) is 9.59 Å². The van der Waals surface area contributed by atoms with Crippen molar-refractivity contribution in [2.75, 3.05) is 13.6 Å². The highest BCUT2D eigenvalue weighted by Gasteiger charge is 2.55. The van der Waals surface area contributed by atoms with Gasteiger partial charge in [0.1, 0.15) is 12.3 Å². The van der Waals surface area contributed by atoms with Gasteiger partial charge in [-0.1, -0.05) is 51.0 Å². The van der Waals surface area contributed by atoms with Crippen molar-refractivity contribution in [1.82, 2.24) is 20.9 Å². The second-order valence-corrected chi connectivity index (χ2v) is 12.1. The highest BCUT2D eigenvalue weighted by molar-refractivity contribution is 5.90. The number of carbonyl (C=O) groups excluding carboxylic acids is 2. The zero-order valence-corrected chi connectivity index (χ0v) is 22.4. The number of rotatable bonds is 6. The molecule has 5 rings (SSSR count). The van der Waals surface area contributed by atoms with Crippen molar-refractivity contribution >= 4 is 11.8 Å². The minimum Gasteiger partial charge on any atom is -0.355 e. The van der Waals surface area contributed by atoms with Gasteiger partial charge < -0.3 is 25.6 Å². The first-order valence-corrected chi connectivity index (χ1v) is 14.1. The van der Waals surface area contributed by atoms with Gasteiger partial charge in [-0.3, -0.25) is 9.59 Å². The van der Waals surface area contributed by atoms with Crippen LogP contribution in [-0.4, -0.2) is 60.8 Å². The average molecular weight is 497 g/mol. The number of fused-ring (bicyclic) bond motifs is 3. The lowest BCUT2D eigenvalue weighted by Gasteiger charge is -2.38. The molecule has 3 fully saturated rings. The lowest BCUT2D eigenvalue weighted by Crippen LogP contribution is -2.59. The number of nitrogens with zero attached hydrogens (tertiary/aromatic N) is 1. The summed E-state index contributed by atoms with van der Waals surface area (Å²) in [5.74, 6) is -0.0511. The van der Waals surface area contributed by atoms with Crippen LogP contribution in [0.5, 0.6) is 0 Å². The first kappa shape index (κ1) is 25.7. The fourth-order valence-electron chi connectivity index (χ4n) is 7.06. The van der Waals surface area contributed by atoms with Gasteiger partial charge in [0.2, 0.25) is 11.8 Å². The third-order valence-electron chi connectivity index (χ3n) is 9.33. The molecule has 0 spiro atoms. The van der Waals surface area contributed by atoms with Gasteiger partial charge in [-0.25, -0.2) is 0 Å². The third-order valence-corrected chi connectivity index (χ3v) is 9.33. The van der Waals surface area contributed by atoms with E-state index in [-0.39, 0.29) is 47.6 Å². The second-order valence-electron chi connectivity index (χ2n) is 12.1. The molecule has 7 heteroatoms. The number of likely N-dealkylation sites (N-methyl/N-ethyl adjacent to an activating group) is 1. The van der Waals surface area contributed by atoms with Crippen LogP contribution in [0, 0.1) is 11.3 Å². The van der Waals surface area contributed by atoms with E-state index in [1.165, 1.54) is 17.5 Å². The van der Waals surface area contributed by atoms with Gasteiger partial charge in [-0.2, -0.15) is 0 Å². The van der Waals surface area contributed by atoms with Crippen LogP contribution in [0.25, 0.3) is 0 Å². The Balaban J connectivity index is 1.40. The number of ether oxygens (including phenoxy) is 1. The van der Waals surface area contributed by atoms with E-state index >= 15 is 0 Å². The van der Waals surface area contributed by atoms with E-state index in [2.05, 4.69) is 54.1 Å². The van der Waals surface area contributed by atoms with Crippen molar-refractivity contribution in [3.8, 4) is 0 Å². The Labute approximate surface area is 216 Å². The van der Waals surface area contributed by atoms with Gasteiger partial charge in [0, 0.05) is 18.5 Å². The first-order valence-electron chi connectivity index (χ1n) is 14.1. The SMILES string of the molecule is CN[C@@H](C)C(=O)N[C@@H]1C(=O)N2C(CNC3CCCc4ccccc43)C(C)(C)C[C@@H]2OC2CCCCC21. The molecule has 2 saturated heterocycles. The molecule has 2 aliphatic carbocycles. The van der Waals surface area contributed by atoms with Crippen molar-refractivity contribution in [2.24, 2.45) is 11.3 Å². The molecule has 2 heterocycles. The summed E-state index contributed by atoms with van der Waals surface area (Å²) in [5, 5.41) is 10.0. The Morgan fingerprint density at radius 3 is 2.75 bits per heavy atom. The van der Waals surface area contributed by atoms with Crippen LogP contribution < -0.4 is 16.0 Å². The van der Waals surface area contributed by atoms with Crippen LogP contribution in [0.4, 0.5) is 0 Å². The molecule has 2 aliphatic heterocycles. The van der Waals surface area contributed by atoms with E-state index in [4.69, 9.17) is 4.74 Å². The van der Waals surface area contributed by atoms with E-state index < -0.39 is 6.04 Å². The average Bonchev–Trinajstić information content (AvgIpc) is 3.07. The number of aryl methyl sites for hydroxylation is 1. The summed E-state index contributed by atoms with van der Waals surface area (Å²) < 4.78 is 6.73. The van der Waals surface area contributed by atoms with Crippen LogP contribution in [0.15, 0.2) is 24.3 Å². The van der Waals surface area contributed by atoms with Gasteiger partial charge in [-0.15, -0.1) is 0 Å². The maximum absolute atomic E-state index is 14.3. The van der Waals surface area contributed by atoms with Crippen LogP contribution in [0.2, 0.25) is 0 Å². The molecule has 7 nitrogen and oxygen atoms in total. The van der Waals surface area contributed by atoms with Crippen molar-refractivity contribution in [2.45, 2.75) is 109 Å². The lowest BCUT2D eigenvalue weighted by atomic mass is 9.79. The smallest absolute Gasteiger partial charge is 0.247 e. The largest absolute Gasteiger partial charge is 0.355 e. The van der Waals surface area contributed by atoms with E-state index in [0.717, 1.165) is 51.5 Å². The molecule has 4 aliphatic rings. The maximum atomic E-state index is 14.3. The molecule has 1 aromatic rings. The minimum atomic E-state index is -0.532. The molecule has 1 saturated carbocycles. The molecule has 36 heavy (non-hydrogen) atoms. The summed E-state index contributed by atoms with van der Waals surface area (Å²) >= 11 is 0. The summed E-state index contributed by atoms with van der Waals surface area (Å²) in [5.41, 5.74) is 2.74. The summed E-state index contributed by atoms with van der Waals surface area (Å²) in [6.45, 7) is 7.07. The quantitative estimate of drug-likeness (QED) is 0.563. The topological polar surface area (TPSA) is 82.7 Å². The second kappa shape index (κ2) is 10.4. The molecule has 3 N–H and O–H groups in total. The molecular weight excluding hydrogens is 452 g/mol. The third kappa shape index (κ3) is 4.82. The van der Waals surface area contributed by atoms with Crippen LogP contribution in [0.3, 0.4) is 0 Å². The Bertz CT molecular complexity index is 966. The Morgan fingerprint density at radius 2 is 1.94 bits per heavy atom. The van der Waals surface area contributed by atoms with Crippen LogP contribution >= 0.6 is 0 Å². The minimum absolute atomic E-state index is 0.00497. The van der Waals surface area contributed by atoms with Gasteiger partial charge in [0.05, 0.1) is 18.2 Å². The Morgan fingerprint density at radius 1 is 1.17 bits per heavy atom. The standard InChI is InChI=1S/C29H44N4O3/c1-18(30-4)27(34)32-26-21-13-7-8-15-23(21)36-25-16-29(2,3)24(33(25)28(26)35)17-31-22-14-9-11-19-10-5-6-12-20(19)22/h5-6,10,12,18,21-26,30-31H,7-9,11,13-17H2,1-4H3,(H,32,34)/t18-,21?,22?,23?,24?,25-,26-/m0/s1. The summed E-state index contributed by atoms with van der Waals surface area (Å²) in [4.78, 5) is 29.2. The van der Waals surface area contributed by atoms with Gasteiger partial charge in [-0.05, 0) is 69.0 Å². The molecule has 2 amide bonds. The molecule has 4 unspecified atom stereocenters. The van der Waals surface area contributed by atoms with Gasteiger partial charge in [0.15, 0.2) is 0 Å². The van der Waals surface area contributed by atoms with E-state index in [1.54, 1.807) is 7.05 Å². The molecular formula is C29H44N4O3. The van der Waals surface area contributed by atoms with Crippen molar-refractivity contribution in [3.05, 3.63) is 35.4 Å². The number of nitrogens with one attached hydrogen (secondary N) is 3. The Hall–Kier alpha value is -1.96. The predicted octanol–water partition coefficient (Wildman–Crippen LogP) is 3.29. The number of hydrogen-bond acceptors (Lipinski definition) is 5. The van der Waals surface area contributed by atoms with Gasteiger partial charge >= 0.3 is 0 Å². The Kier molecular flexibility index (Phi) is 7.44. The van der Waals surface area contributed by atoms with Crippen molar-refractivity contribution in [3.63, 3.8) is 0 Å². The fraction of sp³-hybridized carbons (Fsp3) is 0.724. The number of hydrogen-bond donors (Lipinski definition) is 3. The van der Waals surface area contributed by atoms with Crippen LogP contribution in [0.1, 0.15) is 82.9 Å². The summed E-state index contributed by atoms with van der Waals surface area (Å²) in [7, 11) is 1.77. The van der Waals surface area contributed by atoms with E-state index in [1.807, 2.05) is 11.8 Å². The predicted molar refractivity (Wildman–Crippen MR) is 140 cm³/mol. The van der Waals surface area contributed by atoms with Crippen molar-refractivity contribution in [1.29, 1.82) is 0 Å². The number of carbonyl (C=O) groups is 2. The molecule has 0 radical (unpaired) electrons. The van der Waals surface area contributed by atoms with Gasteiger partial charge in [0.25, 0.3) is 0 Å². The molecule has 0 bridgehead atoms.